The molecule has 0 aromatic carbocycles. The van der Waals surface area contributed by atoms with Gasteiger partial charge in [0.1, 0.15) is 0 Å². The van der Waals surface area contributed by atoms with Crippen LogP contribution in [0.15, 0.2) is 0 Å². The van der Waals surface area contributed by atoms with Crippen LogP contribution in [-0.2, 0) is 16.8 Å². The molecule has 0 atom stereocenters. The molecule has 19 heavy (non-hydrogen) atoms. The van der Waals surface area contributed by atoms with E-state index in [9.17, 15) is 9.90 Å². The first-order valence-corrected chi connectivity index (χ1v) is 7.12. The maximum Gasteiger partial charge on any atom is 0.311 e. The Kier molecular flexibility index (Phi) is 2.83. The van der Waals surface area contributed by atoms with Gasteiger partial charge in [-0.25, -0.2) is 4.68 Å². The zero-order valence-electron chi connectivity index (χ0n) is 11.3. The van der Waals surface area contributed by atoms with Gasteiger partial charge in [0.2, 0.25) is 0 Å². The summed E-state index contributed by atoms with van der Waals surface area (Å²) in [6.45, 7) is 2.60. The molecule has 2 aliphatic carbocycles. The Morgan fingerprint density at radius 3 is 2.53 bits per heavy atom. The van der Waals surface area contributed by atoms with Crippen molar-refractivity contribution in [1.82, 2.24) is 20.2 Å². The van der Waals surface area contributed by atoms with Crippen molar-refractivity contribution in [3.05, 3.63) is 5.82 Å². The van der Waals surface area contributed by atoms with Gasteiger partial charge in [0.25, 0.3) is 0 Å². The summed E-state index contributed by atoms with van der Waals surface area (Å²) in [5.74, 6) is 0.186. The van der Waals surface area contributed by atoms with Crippen molar-refractivity contribution < 1.29 is 9.90 Å². The minimum absolute atomic E-state index is 0.0675. The molecular weight excluding hydrogens is 244 g/mol. The molecule has 0 aliphatic heterocycles. The fourth-order valence-corrected chi connectivity index (χ4v) is 3.36. The Morgan fingerprint density at radius 1 is 1.32 bits per heavy atom. The second kappa shape index (κ2) is 4.28. The van der Waals surface area contributed by atoms with Crippen molar-refractivity contribution in [1.29, 1.82) is 0 Å². The number of hydrogen-bond acceptors (Lipinski definition) is 4. The van der Waals surface area contributed by atoms with Crippen LogP contribution in [0, 0.1) is 5.41 Å². The van der Waals surface area contributed by atoms with E-state index >= 15 is 0 Å². The van der Waals surface area contributed by atoms with Crippen molar-refractivity contribution >= 4 is 5.97 Å². The average molecular weight is 264 g/mol. The number of aliphatic carboxylic acids is 1. The van der Waals surface area contributed by atoms with E-state index in [0.29, 0.717) is 6.54 Å². The number of carboxylic acids is 1. The third-order valence-corrected chi connectivity index (χ3v) is 5.00. The van der Waals surface area contributed by atoms with Gasteiger partial charge in [-0.15, -0.1) is 5.10 Å². The van der Waals surface area contributed by atoms with Gasteiger partial charge >= 0.3 is 5.97 Å². The molecule has 6 heteroatoms. The molecule has 6 nitrogen and oxygen atoms in total. The molecule has 2 saturated carbocycles. The van der Waals surface area contributed by atoms with Gasteiger partial charge in [-0.1, -0.05) is 19.8 Å². The molecular formula is C13H20N4O2. The molecule has 1 heterocycles. The number of tetrazole rings is 1. The molecule has 0 spiro atoms. The standard InChI is InChI=1S/C13H20N4O2/c1-2-12(5-3-4-6-12)10-14-15-16-17(10)9-13(7-8-13)11(18)19/h2-9H2,1H3,(H,18,19). The second-order valence-electron chi connectivity index (χ2n) is 6.09. The van der Waals surface area contributed by atoms with E-state index in [1.54, 1.807) is 4.68 Å². The zero-order valence-corrected chi connectivity index (χ0v) is 11.3. The molecule has 3 rings (SSSR count). The minimum Gasteiger partial charge on any atom is -0.481 e. The van der Waals surface area contributed by atoms with Gasteiger partial charge in [-0.05, 0) is 42.5 Å². The van der Waals surface area contributed by atoms with Gasteiger partial charge < -0.3 is 5.11 Å². The first-order chi connectivity index (χ1) is 9.12. The van der Waals surface area contributed by atoms with Crippen LogP contribution in [0.4, 0.5) is 0 Å². The lowest BCUT2D eigenvalue weighted by Crippen LogP contribution is -2.30. The Bertz CT molecular complexity index is 487. The van der Waals surface area contributed by atoms with Crippen LogP contribution >= 0.6 is 0 Å². The normalized spacial score (nSPS) is 23.4. The Balaban J connectivity index is 1.88. The van der Waals surface area contributed by atoms with Gasteiger partial charge in [0, 0.05) is 5.41 Å². The minimum atomic E-state index is -0.717. The van der Waals surface area contributed by atoms with Crippen molar-refractivity contribution in [2.75, 3.05) is 0 Å². The smallest absolute Gasteiger partial charge is 0.311 e. The molecule has 2 fully saturated rings. The zero-order chi connectivity index (χ0) is 13.5. The fourth-order valence-electron chi connectivity index (χ4n) is 3.36. The molecule has 0 saturated heterocycles. The predicted molar refractivity (Wildman–Crippen MR) is 67.6 cm³/mol. The first-order valence-electron chi connectivity index (χ1n) is 7.12. The molecule has 0 amide bonds. The van der Waals surface area contributed by atoms with E-state index < -0.39 is 11.4 Å². The molecule has 1 N–H and O–H groups in total. The summed E-state index contributed by atoms with van der Waals surface area (Å²) in [4.78, 5) is 11.3. The molecule has 0 unspecified atom stereocenters. The molecule has 1 aromatic heterocycles. The van der Waals surface area contributed by atoms with E-state index in [1.165, 1.54) is 12.8 Å². The van der Waals surface area contributed by atoms with Gasteiger partial charge in [0.15, 0.2) is 5.82 Å². The number of aromatic nitrogens is 4. The number of hydrogen-bond donors (Lipinski definition) is 1. The lowest BCUT2D eigenvalue weighted by molar-refractivity contribution is -0.144. The van der Waals surface area contributed by atoms with Crippen LogP contribution in [0.5, 0.6) is 0 Å². The van der Waals surface area contributed by atoms with Crippen molar-refractivity contribution in [3.8, 4) is 0 Å². The highest BCUT2D eigenvalue weighted by atomic mass is 16.4. The number of carbonyl (C=O) groups is 1. The van der Waals surface area contributed by atoms with Crippen LogP contribution in [0.1, 0.15) is 57.7 Å². The maximum absolute atomic E-state index is 11.3. The van der Waals surface area contributed by atoms with Crippen molar-refractivity contribution in [2.24, 2.45) is 5.41 Å². The van der Waals surface area contributed by atoms with Gasteiger partial charge in [-0.2, -0.15) is 0 Å². The molecule has 1 aromatic rings. The van der Waals surface area contributed by atoms with Crippen LogP contribution in [0.2, 0.25) is 0 Å². The lowest BCUT2D eigenvalue weighted by Gasteiger charge is -2.26. The monoisotopic (exact) mass is 264 g/mol. The third kappa shape index (κ3) is 1.93. The predicted octanol–water partition coefficient (Wildman–Crippen LogP) is 1.76. The van der Waals surface area contributed by atoms with E-state index in [1.807, 2.05) is 0 Å². The van der Waals surface area contributed by atoms with E-state index in [4.69, 9.17) is 0 Å². The Hall–Kier alpha value is -1.46. The maximum atomic E-state index is 11.3. The quantitative estimate of drug-likeness (QED) is 0.876. The summed E-state index contributed by atoms with van der Waals surface area (Å²) in [7, 11) is 0. The number of rotatable bonds is 5. The van der Waals surface area contributed by atoms with Crippen LogP contribution in [0.3, 0.4) is 0 Å². The highest BCUT2D eigenvalue weighted by molar-refractivity contribution is 5.77. The molecule has 0 radical (unpaired) electrons. The van der Waals surface area contributed by atoms with E-state index in [0.717, 1.165) is 37.9 Å². The average Bonchev–Trinajstić information content (AvgIpc) is 2.84. The molecule has 0 bridgehead atoms. The Morgan fingerprint density at radius 2 is 2.00 bits per heavy atom. The highest BCUT2D eigenvalue weighted by Crippen LogP contribution is 2.49. The third-order valence-electron chi connectivity index (χ3n) is 5.00. The summed E-state index contributed by atoms with van der Waals surface area (Å²) in [5.41, 5.74) is -0.546. The largest absolute Gasteiger partial charge is 0.481 e. The summed E-state index contributed by atoms with van der Waals surface area (Å²) in [6.07, 6.45) is 7.15. The summed E-state index contributed by atoms with van der Waals surface area (Å²) < 4.78 is 1.76. The van der Waals surface area contributed by atoms with Gasteiger partial charge in [-0.3, -0.25) is 4.79 Å². The lowest BCUT2D eigenvalue weighted by atomic mass is 9.82. The Labute approximate surface area is 112 Å². The number of nitrogens with zero attached hydrogens (tertiary/aromatic N) is 4. The first kappa shape index (κ1) is 12.6. The summed E-state index contributed by atoms with van der Waals surface area (Å²) in [5, 5.41) is 21.4. The topological polar surface area (TPSA) is 80.9 Å². The molecule has 2 aliphatic rings. The van der Waals surface area contributed by atoms with E-state index in [2.05, 4.69) is 22.4 Å². The van der Waals surface area contributed by atoms with Crippen LogP contribution < -0.4 is 0 Å². The summed E-state index contributed by atoms with van der Waals surface area (Å²) in [6, 6.07) is 0. The highest BCUT2D eigenvalue weighted by Gasteiger charge is 2.52. The van der Waals surface area contributed by atoms with Gasteiger partial charge in [0.05, 0.1) is 12.0 Å². The summed E-state index contributed by atoms with van der Waals surface area (Å²) >= 11 is 0. The van der Waals surface area contributed by atoms with Crippen molar-refractivity contribution in [2.45, 2.75) is 63.8 Å². The van der Waals surface area contributed by atoms with Crippen LogP contribution in [-0.4, -0.2) is 31.3 Å². The fraction of sp³-hybridized carbons (Fsp3) is 0.846. The molecule has 104 valence electrons. The number of carboxylic acid groups (broad SMARTS) is 1. The van der Waals surface area contributed by atoms with E-state index in [-0.39, 0.29) is 5.41 Å². The van der Waals surface area contributed by atoms with Crippen LogP contribution in [0.25, 0.3) is 0 Å². The second-order valence-corrected chi connectivity index (χ2v) is 6.09. The SMILES string of the molecule is CCC1(c2nnnn2CC2(C(=O)O)CC2)CCCC1. The van der Waals surface area contributed by atoms with Crippen molar-refractivity contribution in [3.63, 3.8) is 0 Å².